The summed E-state index contributed by atoms with van der Waals surface area (Å²) in [7, 11) is 0. The van der Waals surface area contributed by atoms with Gasteiger partial charge in [0.05, 0.1) is 0 Å². The third-order valence-electron chi connectivity index (χ3n) is 8.45. The van der Waals surface area contributed by atoms with E-state index in [1.165, 1.54) is 116 Å². The summed E-state index contributed by atoms with van der Waals surface area (Å²) in [6.07, 6.45) is 24.6. The van der Waals surface area contributed by atoms with Gasteiger partial charge in [-0.05, 0) is 76.3 Å². The third-order valence-corrected chi connectivity index (χ3v) is 8.45. The largest absolute Gasteiger partial charge is 0.330 e. The number of hydrogen-bond donors (Lipinski definition) is 4. The Bertz CT molecular complexity index is 395. The van der Waals surface area contributed by atoms with Gasteiger partial charge in [-0.2, -0.15) is 0 Å². The fourth-order valence-corrected chi connectivity index (χ4v) is 5.83. The Morgan fingerprint density at radius 1 is 0.421 bits per heavy atom. The van der Waals surface area contributed by atoms with Crippen molar-refractivity contribution in [2.24, 2.45) is 34.8 Å². The molecule has 0 aromatic carbocycles. The number of halogens is 2. The van der Waals surface area contributed by atoms with E-state index in [-0.39, 0.29) is 45.0 Å². The van der Waals surface area contributed by atoms with Crippen molar-refractivity contribution in [3.63, 3.8) is 0 Å². The molecule has 0 radical (unpaired) electrons. The molecule has 0 aliphatic heterocycles. The highest BCUT2D eigenvalue weighted by Crippen LogP contribution is 2.34. The van der Waals surface area contributed by atoms with E-state index in [2.05, 4.69) is 41.5 Å². The lowest BCUT2D eigenvalue weighted by Crippen LogP contribution is -2.48. The van der Waals surface area contributed by atoms with Gasteiger partial charge < -0.3 is 22.9 Å². The Morgan fingerprint density at radius 2 is 0.658 bits per heavy atom. The summed E-state index contributed by atoms with van der Waals surface area (Å²) < 4.78 is 0. The zero-order valence-electron chi connectivity index (χ0n) is 26.8. The highest BCUT2D eigenvalue weighted by Gasteiger charge is 2.33. The van der Waals surface area contributed by atoms with Gasteiger partial charge in [0.1, 0.15) is 0 Å². The first-order chi connectivity index (χ1) is 17.3. The Morgan fingerprint density at radius 3 is 0.842 bits per heavy atom. The Labute approximate surface area is 261 Å². The molecule has 0 bridgehead atoms. The average molecular weight is 675 g/mol. The second kappa shape index (κ2) is 30.8. The molecule has 2 atom stereocenters. The van der Waals surface area contributed by atoms with E-state index >= 15 is 0 Å². The molecule has 2 unspecified atom stereocenters. The Kier molecular flexibility index (Phi) is 37.0. The van der Waals surface area contributed by atoms with E-state index < -0.39 is 0 Å². The molecule has 0 saturated carbocycles. The smallest absolute Gasteiger partial charge is 0.0183 e. The highest BCUT2D eigenvalue weighted by atomic mass is 79.9. The molecule has 0 aromatic heterocycles. The van der Waals surface area contributed by atoms with E-state index in [9.17, 15) is 0 Å². The molecule has 38 heavy (non-hydrogen) atoms. The summed E-state index contributed by atoms with van der Waals surface area (Å²) in [6, 6.07) is 0. The third kappa shape index (κ3) is 21.5. The first kappa shape index (κ1) is 45.8. The monoisotopic (exact) mass is 672 g/mol. The lowest BCUT2D eigenvalue weighted by atomic mass is 9.73. The Hall–Kier alpha value is 0.800. The average Bonchev–Trinajstić information content (AvgIpc) is 2.89. The van der Waals surface area contributed by atoms with Crippen LogP contribution in [0.3, 0.4) is 0 Å². The van der Waals surface area contributed by atoms with E-state index in [4.69, 9.17) is 22.9 Å². The standard InChI is InChI=1S/2C16H36N2.2BrH/c2*1-4-7-10-15(11-14-17)16(18,12-8-5-2)13-9-6-3;;/h2*15H,4-14,17-18H2,1-3H3;2*1H. The number of rotatable bonds is 24. The minimum absolute atomic E-state index is 0. The Balaban J connectivity index is -0.000000289. The van der Waals surface area contributed by atoms with Crippen LogP contribution < -0.4 is 22.9 Å². The van der Waals surface area contributed by atoms with Crippen LogP contribution in [-0.4, -0.2) is 24.2 Å². The highest BCUT2D eigenvalue weighted by molar-refractivity contribution is 8.93. The predicted octanol–water partition coefficient (Wildman–Crippen LogP) is 9.59. The van der Waals surface area contributed by atoms with Crippen LogP contribution in [0.2, 0.25) is 0 Å². The van der Waals surface area contributed by atoms with Crippen LogP contribution in [0.4, 0.5) is 0 Å². The fraction of sp³-hybridized carbons (Fsp3) is 1.00. The molecule has 236 valence electrons. The van der Waals surface area contributed by atoms with Crippen molar-refractivity contribution < 1.29 is 0 Å². The molecule has 0 aliphatic rings. The summed E-state index contributed by atoms with van der Waals surface area (Å²) in [5.41, 5.74) is 25.3. The first-order valence-electron chi connectivity index (χ1n) is 16.3. The number of hydrogen-bond acceptors (Lipinski definition) is 4. The summed E-state index contributed by atoms with van der Waals surface area (Å²) in [4.78, 5) is 0. The minimum Gasteiger partial charge on any atom is -0.330 e. The summed E-state index contributed by atoms with van der Waals surface area (Å²) in [5, 5.41) is 0. The lowest BCUT2D eigenvalue weighted by molar-refractivity contribution is 0.199. The maximum absolute atomic E-state index is 6.79. The summed E-state index contributed by atoms with van der Waals surface area (Å²) >= 11 is 0. The van der Waals surface area contributed by atoms with E-state index in [0.717, 1.165) is 25.9 Å². The van der Waals surface area contributed by atoms with Crippen molar-refractivity contribution >= 4 is 34.0 Å². The maximum atomic E-state index is 6.79. The molecule has 0 saturated heterocycles. The first-order valence-corrected chi connectivity index (χ1v) is 16.3. The van der Waals surface area contributed by atoms with Crippen molar-refractivity contribution in [3.05, 3.63) is 0 Å². The number of unbranched alkanes of at least 4 members (excludes halogenated alkanes) is 6. The van der Waals surface area contributed by atoms with Crippen LogP contribution in [0.15, 0.2) is 0 Å². The fourth-order valence-electron chi connectivity index (χ4n) is 5.83. The van der Waals surface area contributed by atoms with Crippen molar-refractivity contribution in [1.29, 1.82) is 0 Å². The van der Waals surface area contributed by atoms with Crippen LogP contribution in [0.1, 0.15) is 170 Å². The second-order valence-electron chi connectivity index (χ2n) is 11.7. The van der Waals surface area contributed by atoms with Crippen molar-refractivity contribution in [3.8, 4) is 0 Å². The molecule has 6 heteroatoms. The van der Waals surface area contributed by atoms with Crippen LogP contribution in [0.25, 0.3) is 0 Å². The molecule has 0 rings (SSSR count). The topological polar surface area (TPSA) is 104 Å². The normalized spacial score (nSPS) is 13.1. The molecule has 0 aromatic rings. The van der Waals surface area contributed by atoms with Crippen LogP contribution in [0.5, 0.6) is 0 Å². The van der Waals surface area contributed by atoms with Crippen LogP contribution in [-0.2, 0) is 0 Å². The van der Waals surface area contributed by atoms with Crippen molar-refractivity contribution in [2.45, 2.75) is 181 Å². The molecule has 0 fully saturated rings. The van der Waals surface area contributed by atoms with Gasteiger partial charge in [0.15, 0.2) is 0 Å². The van der Waals surface area contributed by atoms with Gasteiger partial charge in [-0.3, -0.25) is 0 Å². The molecular formula is C32H74Br2N4. The van der Waals surface area contributed by atoms with Gasteiger partial charge in [0, 0.05) is 11.1 Å². The van der Waals surface area contributed by atoms with Gasteiger partial charge in [-0.1, -0.05) is 119 Å². The molecule has 0 amide bonds. The lowest BCUT2D eigenvalue weighted by Gasteiger charge is -2.38. The molecule has 0 heterocycles. The quantitative estimate of drug-likeness (QED) is 0.0819. The van der Waals surface area contributed by atoms with Gasteiger partial charge in [0.2, 0.25) is 0 Å². The zero-order valence-corrected chi connectivity index (χ0v) is 30.3. The maximum Gasteiger partial charge on any atom is 0.0183 e. The van der Waals surface area contributed by atoms with Crippen LogP contribution in [0, 0.1) is 11.8 Å². The van der Waals surface area contributed by atoms with E-state index in [1.54, 1.807) is 0 Å². The van der Waals surface area contributed by atoms with Gasteiger partial charge in [-0.15, -0.1) is 34.0 Å². The minimum atomic E-state index is 0. The van der Waals surface area contributed by atoms with Gasteiger partial charge >= 0.3 is 0 Å². The molecule has 4 nitrogen and oxygen atoms in total. The molecular weight excluding hydrogens is 600 g/mol. The second-order valence-corrected chi connectivity index (χ2v) is 11.7. The van der Waals surface area contributed by atoms with E-state index in [0.29, 0.717) is 11.8 Å². The van der Waals surface area contributed by atoms with Crippen molar-refractivity contribution in [1.82, 2.24) is 0 Å². The van der Waals surface area contributed by atoms with Gasteiger partial charge in [-0.25, -0.2) is 0 Å². The van der Waals surface area contributed by atoms with Crippen molar-refractivity contribution in [2.75, 3.05) is 13.1 Å². The van der Waals surface area contributed by atoms with Crippen LogP contribution >= 0.6 is 34.0 Å². The number of nitrogens with two attached hydrogens (primary N) is 4. The SMILES string of the molecule is Br.Br.CCCCC(CCN)C(N)(CCCC)CCCC.CCCCC(CCN)C(N)(CCCC)CCCC. The van der Waals surface area contributed by atoms with E-state index in [1.807, 2.05) is 0 Å². The summed E-state index contributed by atoms with van der Waals surface area (Å²) in [6.45, 7) is 15.1. The van der Waals surface area contributed by atoms with Gasteiger partial charge in [0.25, 0.3) is 0 Å². The molecule has 0 spiro atoms. The molecule has 8 N–H and O–H groups in total. The zero-order chi connectivity index (χ0) is 27.7. The predicted molar refractivity (Wildman–Crippen MR) is 186 cm³/mol. The molecule has 0 aliphatic carbocycles. The summed E-state index contributed by atoms with van der Waals surface area (Å²) in [5.74, 6) is 1.25.